The van der Waals surface area contributed by atoms with Gasteiger partial charge in [0, 0.05) is 30.6 Å². The third kappa shape index (κ3) is 2.95. The second kappa shape index (κ2) is 5.97. The maximum Gasteiger partial charge on any atom is 0.219 e. The van der Waals surface area contributed by atoms with Gasteiger partial charge in [0.2, 0.25) is 5.95 Å². The molecule has 0 spiro atoms. The van der Waals surface area contributed by atoms with Gasteiger partial charge in [-0.2, -0.15) is 0 Å². The van der Waals surface area contributed by atoms with Gasteiger partial charge in [-0.1, -0.05) is 18.2 Å². The summed E-state index contributed by atoms with van der Waals surface area (Å²) in [6.45, 7) is 1.05. The highest BCUT2D eigenvalue weighted by atomic mass is 16.5. The molecule has 1 aromatic heterocycles. The second-order valence-corrected chi connectivity index (χ2v) is 3.67. The number of para-hydroxylation sites is 1. The Balaban J connectivity index is 2.23. The van der Waals surface area contributed by atoms with Crippen molar-refractivity contribution < 1.29 is 9.47 Å². The van der Waals surface area contributed by atoms with Crippen LogP contribution in [0.25, 0.3) is 11.1 Å². The zero-order valence-electron chi connectivity index (χ0n) is 10.2. The Bertz CT molecular complexity index is 500. The number of methoxy groups -OCH3 is 1. The van der Waals surface area contributed by atoms with Crippen LogP contribution in [0, 0.1) is 0 Å². The van der Waals surface area contributed by atoms with Crippen molar-refractivity contribution in [1.29, 1.82) is 0 Å². The summed E-state index contributed by atoms with van der Waals surface area (Å²) >= 11 is 0. The molecule has 94 valence electrons. The summed E-state index contributed by atoms with van der Waals surface area (Å²) < 4.78 is 10.6. The van der Waals surface area contributed by atoms with E-state index in [2.05, 4.69) is 9.97 Å². The molecule has 0 bridgehead atoms. The molecule has 2 rings (SSSR count). The quantitative estimate of drug-likeness (QED) is 0.813. The first-order chi connectivity index (χ1) is 8.81. The first-order valence-electron chi connectivity index (χ1n) is 5.60. The Morgan fingerprint density at radius 3 is 2.56 bits per heavy atom. The predicted octanol–water partition coefficient (Wildman–Crippen LogP) is 1.75. The molecule has 0 aliphatic heterocycles. The normalized spacial score (nSPS) is 10.3. The smallest absolute Gasteiger partial charge is 0.219 e. The van der Waals surface area contributed by atoms with E-state index in [1.54, 1.807) is 19.5 Å². The largest absolute Gasteiger partial charge is 0.491 e. The van der Waals surface area contributed by atoms with Gasteiger partial charge in [-0.05, 0) is 6.07 Å². The predicted molar refractivity (Wildman–Crippen MR) is 69.3 cm³/mol. The molecule has 0 aliphatic rings. The maximum absolute atomic E-state index is 5.65. The van der Waals surface area contributed by atoms with Gasteiger partial charge in [-0.15, -0.1) is 0 Å². The van der Waals surface area contributed by atoms with Gasteiger partial charge < -0.3 is 15.2 Å². The van der Waals surface area contributed by atoms with Crippen LogP contribution in [0.2, 0.25) is 0 Å². The van der Waals surface area contributed by atoms with Crippen molar-refractivity contribution in [1.82, 2.24) is 9.97 Å². The van der Waals surface area contributed by atoms with E-state index >= 15 is 0 Å². The first-order valence-corrected chi connectivity index (χ1v) is 5.60. The molecular formula is C13H15N3O2. The van der Waals surface area contributed by atoms with Gasteiger partial charge in [0.15, 0.2) is 0 Å². The van der Waals surface area contributed by atoms with Crippen LogP contribution < -0.4 is 10.5 Å². The summed E-state index contributed by atoms with van der Waals surface area (Å²) in [5.41, 5.74) is 7.28. The van der Waals surface area contributed by atoms with Crippen molar-refractivity contribution in [2.75, 3.05) is 26.1 Å². The standard InChI is InChI=1S/C13H15N3O2/c1-17-6-7-18-12-5-3-2-4-11(12)10-8-15-13(14)16-9-10/h2-5,8-9H,6-7H2,1H3,(H2,14,15,16). The fourth-order valence-corrected chi connectivity index (χ4v) is 1.54. The van der Waals surface area contributed by atoms with Crippen molar-refractivity contribution in [2.45, 2.75) is 0 Å². The number of aromatic nitrogens is 2. The molecule has 0 saturated carbocycles. The van der Waals surface area contributed by atoms with E-state index in [-0.39, 0.29) is 5.95 Å². The summed E-state index contributed by atoms with van der Waals surface area (Å²) in [6, 6.07) is 7.72. The molecule has 0 unspecified atom stereocenters. The lowest BCUT2D eigenvalue weighted by molar-refractivity contribution is 0.146. The number of hydrogen-bond donors (Lipinski definition) is 1. The van der Waals surface area contributed by atoms with E-state index in [9.17, 15) is 0 Å². The number of hydrogen-bond acceptors (Lipinski definition) is 5. The number of ether oxygens (including phenoxy) is 2. The highest BCUT2D eigenvalue weighted by Gasteiger charge is 2.06. The molecule has 5 heteroatoms. The van der Waals surface area contributed by atoms with Gasteiger partial charge in [0.25, 0.3) is 0 Å². The molecule has 0 atom stereocenters. The van der Waals surface area contributed by atoms with Gasteiger partial charge in [-0.25, -0.2) is 9.97 Å². The lowest BCUT2D eigenvalue weighted by Crippen LogP contribution is -2.05. The van der Waals surface area contributed by atoms with E-state index < -0.39 is 0 Å². The number of benzene rings is 1. The molecule has 0 fully saturated rings. The van der Waals surface area contributed by atoms with Gasteiger partial charge in [0.1, 0.15) is 12.4 Å². The summed E-state index contributed by atoms with van der Waals surface area (Å²) in [7, 11) is 1.64. The SMILES string of the molecule is COCCOc1ccccc1-c1cnc(N)nc1. The second-order valence-electron chi connectivity index (χ2n) is 3.67. The Morgan fingerprint density at radius 2 is 1.83 bits per heavy atom. The van der Waals surface area contributed by atoms with E-state index in [1.165, 1.54) is 0 Å². The Labute approximate surface area is 106 Å². The fourth-order valence-electron chi connectivity index (χ4n) is 1.54. The summed E-state index contributed by atoms with van der Waals surface area (Å²) in [4.78, 5) is 7.96. The van der Waals surface area contributed by atoms with E-state index in [4.69, 9.17) is 15.2 Å². The number of rotatable bonds is 5. The fraction of sp³-hybridized carbons (Fsp3) is 0.231. The number of nitrogens with two attached hydrogens (primary N) is 1. The average Bonchev–Trinajstić information content (AvgIpc) is 2.41. The summed E-state index contributed by atoms with van der Waals surface area (Å²) in [5.74, 6) is 1.04. The molecule has 0 radical (unpaired) electrons. The molecule has 18 heavy (non-hydrogen) atoms. The Hall–Kier alpha value is -2.14. The topological polar surface area (TPSA) is 70.3 Å². The molecule has 0 saturated heterocycles. The van der Waals surface area contributed by atoms with Crippen LogP contribution in [-0.4, -0.2) is 30.3 Å². The van der Waals surface area contributed by atoms with E-state index in [0.717, 1.165) is 16.9 Å². The molecule has 2 N–H and O–H groups in total. The van der Waals surface area contributed by atoms with Crippen molar-refractivity contribution in [3.63, 3.8) is 0 Å². The van der Waals surface area contributed by atoms with Crippen LogP contribution in [0.15, 0.2) is 36.7 Å². The maximum atomic E-state index is 5.65. The Morgan fingerprint density at radius 1 is 1.11 bits per heavy atom. The molecule has 1 aromatic carbocycles. The monoisotopic (exact) mass is 245 g/mol. The van der Waals surface area contributed by atoms with Crippen LogP contribution in [0.5, 0.6) is 5.75 Å². The minimum absolute atomic E-state index is 0.261. The highest BCUT2D eigenvalue weighted by molar-refractivity contribution is 5.69. The third-order valence-corrected chi connectivity index (χ3v) is 2.41. The Kier molecular flexibility index (Phi) is 4.09. The number of nitrogen functional groups attached to an aromatic ring is 1. The zero-order chi connectivity index (χ0) is 12.8. The molecule has 1 heterocycles. The number of anilines is 1. The summed E-state index contributed by atoms with van der Waals surface area (Å²) in [6.07, 6.45) is 3.36. The van der Waals surface area contributed by atoms with Gasteiger partial charge in [0.05, 0.1) is 6.61 Å². The first kappa shape index (κ1) is 12.3. The van der Waals surface area contributed by atoms with Crippen molar-refractivity contribution in [3.8, 4) is 16.9 Å². The average molecular weight is 245 g/mol. The minimum atomic E-state index is 0.261. The van der Waals surface area contributed by atoms with Crippen LogP contribution >= 0.6 is 0 Å². The third-order valence-electron chi connectivity index (χ3n) is 2.41. The molecule has 2 aromatic rings. The van der Waals surface area contributed by atoms with Crippen LogP contribution in [0.3, 0.4) is 0 Å². The molecule has 0 aliphatic carbocycles. The highest BCUT2D eigenvalue weighted by Crippen LogP contribution is 2.28. The van der Waals surface area contributed by atoms with Crippen molar-refractivity contribution in [2.24, 2.45) is 0 Å². The molecule has 5 nitrogen and oxygen atoms in total. The minimum Gasteiger partial charge on any atom is -0.491 e. The van der Waals surface area contributed by atoms with Gasteiger partial charge in [-0.3, -0.25) is 0 Å². The van der Waals surface area contributed by atoms with Crippen LogP contribution in [-0.2, 0) is 4.74 Å². The lowest BCUT2D eigenvalue weighted by atomic mass is 10.1. The summed E-state index contributed by atoms with van der Waals surface area (Å²) in [5, 5.41) is 0. The van der Waals surface area contributed by atoms with Crippen LogP contribution in [0.1, 0.15) is 0 Å². The molecule has 0 amide bonds. The molecular weight excluding hydrogens is 230 g/mol. The van der Waals surface area contributed by atoms with Gasteiger partial charge >= 0.3 is 0 Å². The lowest BCUT2D eigenvalue weighted by Gasteiger charge is -2.10. The van der Waals surface area contributed by atoms with E-state index in [1.807, 2.05) is 24.3 Å². The van der Waals surface area contributed by atoms with Crippen molar-refractivity contribution in [3.05, 3.63) is 36.7 Å². The zero-order valence-corrected chi connectivity index (χ0v) is 10.2. The number of nitrogens with zero attached hydrogens (tertiary/aromatic N) is 2. The van der Waals surface area contributed by atoms with Crippen LogP contribution in [0.4, 0.5) is 5.95 Å². The van der Waals surface area contributed by atoms with E-state index in [0.29, 0.717) is 13.2 Å². The van der Waals surface area contributed by atoms with Crippen molar-refractivity contribution >= 4 is 5.95 Å².